The fraction of sp³-hybridized carbons (Fsp3) is 0.571. The zero-order chi connectivity index (χ0) is 12.4. The lowest BCUT2D eigenvalue weighted by molar-refractivity contribution is 0.357. The van der Waals surface area contributed by atoms with Crippen LogP contribution in [-0.4, -0.2) is 13.1 Å². The van der Waals surface area contributed by atoms with Crippen LogP contribution in [0.2, 0.25) is 0 Å². The number of rotatable bonds is 5. The van der Waals surface area contributed by atoms with E-state index in [4.69, 9.17) is 0 Å². The molecule has 0 aliphatic heterocycles. The Bertz CT molecular complexity index is 388. The van der Waals surface area contributed by atoms with Gasteiger partial charge in [-0.05, 0) is 55.8 Å². The minimum absolute atomic E-state index is 0.340. The van der Waals surface area contributed by atoms with Crippen LogP contribution in [0.4, 0.5) is 8.78 Å². The first-order chi connectivity index (χ1) is 8.11. The standard InChI is InChI=1S/C14H19F2N/c1-9(11-4-5-11)14(17-2)8-10-3-6-12(15)13(16)7-10/h3,6-7,9,11,14,17H,4-5,8H2,1-2H3. The molecule has 1 nitrogen and oxygen atoms in total. The van der Waals surface area contributed by atoms with Crippen LogP contribution in [0.1, 0.15) is 25.3 Å². The molecule has 1 N–H and O–H groups in total. The zero-order valence-corrected chi connectivity index (χ0v) is 10.3. The lowest BCUT2D eigenvalue weighted by Gasteiger charge is -2.23. The lowest BCUT2D eigenvalue weighted by atomic mass is 9.91. The molecule has 94 valence electrons. The molecule has 2 rings (SSSR count). The van der Waals surface area contributed by atoms with Crippen LogP contribution in [0, 0.1) is 23.5 Å². The first kappa shape index (κ1) is 12.5. The first-order valence-corrected chi connectivity index (χ1v) is 6.23. The summed E-state index contributed by atoms with van der Waals surface area (Å²) in [5.41, 5.74) is 0.857. The average molecular weight is 239 g/mol. The Morgan fingerprint density at radius 2 is 2.00 bits per heavy atom. The topological polar surface area (TPSA) is 12.0 Å². The Morgan fingerprint density at radius 3 is 2.53 bits per heavy atom. The molecule has 0 saturated heterocycles. The number of benzene rings is 1. The fourth-order valence-corrected chi connectivity index (χ4v) is 2.42. The van der Waals surface area contributed by atoms with Gasteiger partial charge in [0.05, 0.1) is 0 Å². The van der Waals surface area contributed by atoms with Crippen LogP contribution in [0.5, 0.6) is 0 Å². The van der Waals surface area contributed by atoms with E-state index in [2.05, 4.69) is 12.2 Å². The number of likely N-dealkylation sites (N-methyl/N-ethyl adjacent to an activating group) is 1. The summed E-state index contributed by atoms with van der Waals surface area (Å²) in [5, 5.41) is 3.29. The van der Waals surface area contributed by atoms with Gasteiger partial charge in [-0.2, -0.15) is 0 Å². The Morgan fingerprint density at radius 1 is 1.29 bits per heavy atom. The van der Waals surface area contributed by atoms with Crippen molar-refractivity contribution in [3.05, 3.63) is 35.4 Å². The molecule has 0 bridgehead atoms. The summed E-state index contributed by atoms with van der Waals surface area (Å²) in [6.07, 6.45) is 3.36. The van der Waals surface area contributed by atoms with Gasteiger partial charge in [0.1, 0.15) is 0 Å². The molecule has 0 amide bonds. The van der Waals surface area contributed by atoms with Crippen molar-refractivity contribution in [1.29, 1.82) is 0 Å². The zero-order valence-electron chi connectivity index (χ0n) is 10.3. The van der Waals surface area contributed by atoms with Gasteiger partial charge in [0.15, 0.2) is 11.6 Å². The molecule has 2 unspecified atom stereocenters. The molecular weight excluding hydrogens is 220 g/mol. The molecule has 1 saturated carbocycles. The van der Waals surface area contributed by atoms with E-state index in [1.807, 2.05) is 7.05 Å². The van der Waals surface area contributed by atoms with Gasteiger partial charge in [0.2, 0.25) is 0 Å². The molecule has 0 spiro atoms. The number of hydrogen-bond acceptors (Lipinski definition) is 1. The second kappa shape index (κ2) is 5.13. The Hall–Kier alpha value is -0.960. The number of hydrogen-bond donors (Lipinski definition) is 1. The molecule has 1 aromatic carbocycles. The number of halogens is 2. The van der Waals surface area contributed by atoms with Crippen molar-refractivity contribution in [2.24, 2.45) is 11.8 Å². The summed E-state index contributed by atoms with van der Waals surface area (Å²) < 4.78 is 25.9. The first-order valence-electron chi connectivity index (χ1n) is 6.23. The van der Waals surface area contributed by atoms with E-state index in [1.165, 1.54) is 25.0 Å². The SMILES string of the molecule is CNC(Cc1ccc(F)c(F)c1)C(C)C1CC1. The van der Waals surface area contributed by atoms with Crippen molar-refractivity contribution in [3.8, 4) is 0 Å². The minimum atomic E-state index is -0.773. The van der Waals surface area contributed by atoms with E-state index in [9.17, 15) is 8.78 Å². The van der Waals surface area contributed by atoms with Gasteiger partial charge in [-0.3, -0.25) is 0 Å². The maximum absolute atomic E-state index is 13.1. The molecule has 0 radical (unpaired) electrons. The third-order valence-corrected chi connectivity index (χ3v) is 3.81. The van der Waals surface area contributed by atoms with E-state index >= 15 is 0 Å². The monoisotopic (exact) mass is 239 g/mol. The third kappa shape index (κ3) is 3.03. The third-order valence-electron chi connectivity index (χ3n) is 3.81. The van der Waals surface area contributed by atoms with E-state index in [-0.39, 0.29) is 0 Å². The Kier molecular flexibility index (Phi) is 3.77. The van der Waals surface area contributed by atoms with Crippen molar-refractivity contribution in [1.82, 2.24) is 5.32 Å². The van der Waals surface area contributed by atoms with Gasteiger partial charge in [-0.15, -0.1) is 0 Å². The van der Waals surface area contributed by atoms with Crippen LogP contribution in [0.15, 0.2) is 18.2 Å². The second-order valence-corrected chi connectivity index (χ2v) is 5.04. The van der Waals surface area contributed by atoms with Crippen LogP contribution in [0.3, 0.4) is 0 Å². The van der Waals surface area contributed by atoms with Gasteiger partial charge in [-0.25, -0.2) is 8.78 Å². The highest BCUT2D eigenvalue weighted by molar-refractivity contribution is 5.19. The molecule has 0 heterocycles. The van der Waals surface area contributed by atoms with Gasteiger partial charge in [0, 0.05) is 6.04 Å². The van der Waals surface area contributed by atoms with Crippen LogP contribution >= 0.6 is 0 Å². The summed E-state index contributed by atoms with van der Waals surface area (Å²) >= 11 is 0. The van der Waals surface area contributed by atoms with Gasteiger partial charge in [-0.1, -0.05) is 13.0 Å². The maximum Gasteiger partial charge on any atom is 0.159 e. The average Bonchev–Trinajstić information content (AvgIpc) is 3.13. The molecule has 3 heteroatoms. The highest BCUT2D eigenvalue weighted by Gasteiger charge is 2.32. The van der Waals surface area contributed by atoms with Crippen molar-refractivity contribution < 1.29 is 8.78 Å². The quantitative estimate of drug-likeness (QED) is 0.832. The van der Waals surface area contributed by atoms with E-state index < -0.39 is 11.6 Å². The largest absolute Gasteiger partial charge is 0.316 e. The second-order valence-electron chi connectivity index (χ2n) is 5.04. The lowest BCUT2D eigenvalue weighted by Crippen LogP contribution is -2.35. The molecular formula is C14H19F2N. The van der Waals surface area contributed by atoms with Gasteiger partial charge in [0.25, 0.3) is 0 Å². The maximum atomic E-state index is 13.1. The highest BCUT2D eigenvalue weighted by atomic mass is 19.2. The summed E-state index contributed by atoms with van der Waals surface area (Å²) in [7, 11) is 1.93. The van der Waals surface area contributed by atoms with Gasteiger partial charge < -0.3 is 5.32 Å². The molecule has 1 aromatic rings. The normalized spacial score (nSPS) is 19.1. The molecule has 1 aliphatic carbocycles. The van der Waals surface area contributed by atoms with Crippen molar-refractivity contribution in [3.63, 3.8) is 0 Å². The van der Waals surface area contributed by atoms with Crippen LogP contribution in [0.25, 0.3) is 0 Å². The molecule has 0 aromatic heterocycles. The minimum Gasteiger partial charge on any atom is -0.316 e. The summed E-state index contributed by atoms with van der Waals surface area (Å²) in [6.45, 7) is 2.23. The smallest absolute Gasteiger partial charge is 0.159 e. The van der Waals surface area contributed by atoms with E-state index in [0.29, 0.717) is 12.0 Å². The van der Waals surface area contributed by atoms with Crippen molar-refractivity contribution in [2.75, 3.05) is 7.05 Å². The van der Waals surface area contributed by atoms with Crippen molar-refractivity contribution >= 4 is 0 Å². The summed E-state index contributed by atoms with van der Waals surface area (Å²) in [6, 6.07) is 4.52. The predicted molar refractivity (Wildman–Crippen MR) is 64.8 cm³/mol. The summed E-state index contributed by atoms with van der Waals surface area (Å²) in [4.78, 5) is 0. The predicted octanol–water partition coefficient (Wildman–Crippen LogP) is 3.14. The molecule has 1 fully saturated rings. The van der Waals surface area contributed by atoms with E-state index in [1.54, 1.807) is 6.07 Å². The van der Waals surface area contributed by atoms with Crippen molar-refractivity contribution in [2.45, 2.75) is 32.2 Å². The van der Waals surface area contributed by atoms with Crippen LogP contribution in [-0.2, 0) is 6.42 Å². The fourth-order valence-electron chi connectivity index (χ4n) is 2.42. The molecule has 1 aliphatic rings. The van der Waals surface area contributed by atoms with E-state index in [0.717, 1.165) is 17.9 Å². The molecule has 17 heavy (non-hydrogen) atoms. The molecule has 2 atom stereocenters. The van der Waals surface area contributed by atoms with Gasteiger partial charge >= 0.3 is 0 Å². The summed E-state index contributed by atoms with van der Waals surface area (Å²) in [5.74, 6) is -0.132. The Labute approximate surface area is 101 Å². The number of nitrogens with one attached hydrogen (secondary N) is 1. The highest BCUT2D eigenvalue weighted by Crippen LogP contribution is 2.38. The van der Waals surface area contributed by atoms with Crippen LogP contribution < -0.4 is 5.32 Å². The Balaban J connectivity index is 2.04.